The first kappa shape index (κ1) is 13.4. The number of carbonyl (C=O) groups excluding carboxylic acids is 1. The van der Waals surface area contributed by atoms with Gasteiger partial charge >= 0.3 is 0 Å². The highest BCUT2D eigenvalue weighted by Gasteiger charge is 2.00. The van der Waals surface area contributed by atoms with E-state index in [2.05, 4.69) is 31.4 Å². The molecule has 0 radical (unpaired) electrons. The molecular weight excluding hydrogens is 176 g/mol. The smallest absolute Gasteiger partial charge is 0.221 e. The summed E-state index contributed by atoms with van der Waals surface area (Å²) in [6.07, 6.45) is 2.79. The molecule has 0 fully saturated rings. The quantitative estimate of drug-likeness (QED) is 0.584. The van der Waals surface area contributed by atoms with Crippen LogP contribution < -0.4 is 10.6 Å². The fourth-order valence-electron chi connectivity index (χ4n) is 1.05. The van der Waals surface area contributed by atoms with Gasteiger partial charge in [-0.25, -0.2) is 0 Å². The maximum absolute atomic E-state index is 11.2. The molecule has 0 aromatic carbocycles. The van der Waals surface area contributed by atoms with Crippen molar-refractivity contribution in [3.8, 4) is 0 Å². The third-order valence-electron chi connectivity index (χ3n) is 2.29. The van der Waals surface area contributed by atoms with Crippen LogP contribution in [-0.4, -0.2) is 25.5 Å². The van der Waals surface area contributed by atoms with Crippen LogP contribution in [0.4, 0.5) is 0 Å². The molecule has 84 valence electrons. The lowest BCUT2D eigenvalue weighted by molar-refractivity contribution is -0.120. The zero-order chi connectivity index (χ0) is 10.8. The van der Waals surface area contributed by atoms with Gasteiger partial charge < -0.3 is 10.6 Å². The summed E-state index contributed by atoms with van der Waals surface area (Å²) in [5, 5.41) is 6.14. The van der Waals surface area contributed by atoms with Crippen molar-refractivity contribution in [1.82, 2.24) is 10.6 Å². The number of amides is 1. The van der Waals surface area contributed by atoms with Crippen molar-refractivity contribution >= 4 is 5.91 Å². The van der Waals surface area contributed by atoms with Crippen molar-refractivity contribution < 1.29 is 4.79 Å². The molecule has 0 bridgehead atoms. The van der Waals surface area contributed by atoms with Crippen LogP contribution in [-0.2, 0) is 4.79 Å². The molecule has 0 heterocycles. The average molecular weight is 200 g/mol. The van der Waals surface area contributed by atoms with E-state index in [0.717, 1.165) is 26.1 Å². The van der Waals surface area contributed by atoms with E-state index in [1.807, 2.05) is 0 Å². The van der Waals surface area contributed by atoms with Gasteiger partial charge in [-0.1, -0.05) is 27.2 Å². The minimum atomic E-state index is 0.156. The van der Waals surface area contributed by atoms with Crippen LogP contribution in [0.1, 0.15) is 40.0 Å². The van der Waals surface area contributed by atoms with E-state index in [0.29, 0.717) is 12.3 Å². The summed E-state index contributed by atoms with van der Waals surface area (Å²) < 4.78 is 0. The molecule has 1 amide bonds. The van der Waals surface area contributed by atoms with E-state index in [1.54, 1.807) is 0 Å². The Kier molecular flexibility index (Phi) is 8.64. The molecule has 1 unspecified atom stereocenters. The molecule has 1 atom stereocenters. The predicted octanol–water partition coefficient (Wildman–Crippen LogP) is 1.54. The summed E-state index contributed by atoms with van der Waals surface area (Å²) in [6, 6.07) is 0. The van der Waals surface area contributed by atoms with E-state index in [1.165, 1.54) is 6.42 Å². The van der Waals surface area contributed by atoms with E-state index in [9.17, 15) is 4.79 Å². The van der Waals surface area contributed by atoms with Crippen molar-refractivity contribution in [2.75, 3.05) is 19.6 Å². The van der Waals surface area contributed by atoms with Crippen LogP contribution in [0.3, 0.4) is 0 Å². The summed E-state index contributed by atoms with van der Waals surface area (Å²) in [6.45, 7) is 9.05. The van der Waals surface area contributed by atoms with Crippen molar-refractivity contribution in [3.05, 3.63) is 0 Å². The molecule has 0 aliphatic rings. The van der Waals surface area contributed by atoms with E-state index >= 15 is 0 Å². The second-order valence-electron chi connectivity index (χ2n) is 3.82. The lowest BCUT2D eigenvalue weighted by Crippen LogP contribution is -2.29. The second kappa shape index (κ2) is 9.00. The van der Waals surface area contributed by atoms with E-state index in [-0.39, 0.29) is 5.91 Å². The number of hydrogen-bond acceptors (Lipinski definition) is 2. The molecule has 0 aliphatic heterocycles. The Morgan fingerprint density at radius 2 is 2.00 bits per heavy atom. The van der Waals surface area contributed by atoms with Crippen molar-refractivity contribution in [2.45, 2.75) is 40.0 Å². The first-order valence-electron chi connectivity index (χ1n) is 5.68. The molecule has 0 rings (SSSR count). The van der Waals surface area contributed by atoms with E-state index in [4.69, 9.17) is 0 Å². The lowest BCUT2D eigenvalue weighted by atomic mass is 10.1. The second-order valence-corrected chi connectivity index (χ2v) is 3.82. The van der Waals surface area contributed by atoms with Gasteiger partial charge in [0, 0.05) is 19.5 Å². The Hall–Kier alpha value is -0.570. The van der Waals surface area contributed by atoms with Crippen LogP contribution in [0.5, 0.6) is 0 Å². The molecule has 3 nitrogen and oxygen atoms in total. The highest BCUT2D eigenvalue weighted by molar-refractivity contribution is 5.75. The molecule has 0 aliphatic carbocycles. The Balaban J connectivity index is 3.22. The Bertz CT molecular complexity index is 148. The predicted molar refractivity (Wildman–Crippen MR) is 60.2 cm³/mol. The summed E-state index contributed by atoms with van der Waals surface area (Å²) in [5.41, 5.74) is 0. The Morgan fingerprint density at radius 3 is 2.57 bits per heavy atom. The zero-order valence-corrected chi connectivity index (χ0v) is 9.73. The molecule has 3 heteroatoms. The third-order valence-corrected chi connectivity index (χ3v) is 2.29. The van der Waals surface area contributed by atoms with Crippen LogP contribution >= 0.6 is 0 Å². The third kappa shape index (κ3) is 8.05. The summed E-state index contributed by atoms with van der Waals surface area (Å²) in [7, 11) is 0. The van der Waals surface area contributed by atoms with Gasteiger partial charge in [0.05, 0.1) is 0 Å². The van der Waals surface area contributed by atoms with Gasteiger partial charge in [-0.3, -0.25) is 4.79 Å². The summed E-state index contributed by atoms with van der Waals surface area (Å²) in [5.74, 6) is 0.859. The van der Waals surface area contributed by atoms with Gasteiger partial charge in [0.2, 0.25) is 5.91 Å². The molecule has 2 N–H and O–H groups in total. The number of nitrogens with one attached hydrogen (secondary N) is 2. The van der Waals surface area contributed by atoms with Gasteiger partial charge in [0.15, 0.2) is 0 Å². The minimum Gasteiger partial charge on any atom is -0.356 e. The van der Waals surface area contributed by atoms with Crippen LogP contribution in [0.2, 0.25) is 0 Å². The molecule has 0 aromatic heterocycles. The average Bonchev–Trinajstić information content (AvgIpc) is 2.21. The first-order chi connectivity index (χ1) is 6.70. The Morgan fingerprint density at radius 1 is 1.29 bits per heavy atom. The molecule has 0 saturated heterocycles. The highest BCUT2D eigenvalue weighted by atomic mass is 16.1. The Labute approximate surface area is 87.6 Å². The van der Waals surface area contributed by atoms with Crippen molar-refractivity contribution in [2.24, 2.45) is 5.92 Å². The maximum atomic E-state index is 11.2. The van der Waals surface area contributed by atoms with Crippen LogP contribution in [0.15, 0.2) is 0 Å². The topological polar surface area (TPSA) is 41.1 Å². The van der Waals surface area contributed by atoms with Crippen LogP contribution in [0, 0.1) is 5.92 Å². The zero-order valence-electron chi connectivity index (χ0n) is 9.73. The van der Waals surface area contributed by atoms with Crippen molar-refractivity contribution in [3.63, 3.8) is 0 Å². The normalized spacial score (nSPS) is 12.5. The molecule has 0 aromatic rings. The molecule has 0 saturated carbocycles. The first-order valence-corrected chi connectivity index (χ1v) is 5.68. The number of carbonyl (C=O) groups is 1. The number of hydrogen-bond donors (Lipinski definition) is 2. The van der Waals surface area contributed by atoms with Crippen molar-refractivity contribution in [1.29, 1.82) is 0 Å². The standard InChI is InChI=1S/C11H24N2O/c1-4-7-13-11(14)6-8-12-9-10(3)5-2/h10,12H,4-9H2,1-3H3,(H,13,14). The van der Waals surface area contributed by atoms with Gasteiger partial charge in [0.25, 0.3) is 0 Å². The fraction of sp³-hybridized carbons (Fsp3) is 0.909. The van der Waals surface area contributed by atoms with Gasteiger partial charge in [-0.05, 0) is 18.9 Å². The van der Waals surface area contributed by atoms with Gasteiger partial charge in [0.1, 0.15) is 0 Å². The van der Waals surface area contributed by atoms with Gasteiger partial charge in [-0.15, -0.1) is 0 Å². The number of rotatable bonds is 8. The lowest BCUT2D eigenvalue weighted by Gasteiger charge is -2.09. The largest absolute Gasteiger partial charge is 0.356 e. The maximum Gasteiger partial charge on any atom is 0.221 e. The monoisotopic (exact) mass is 200 g/mol. The minimum absolute atomic E-state index is 0.156. The molecule has 14 heavy (non-hydrogen) atoms. The highest BCUT2D eigenvalue weighted by Crippen LogP contribution is 1.96. The fourth-order valence-corrected chi connectivity index (χ4v) is 1.05. The molecular formula is C11H24N2O. The molecule has 0 spiro atoms. The summed E-state index contributed by atoms with van der Waals surface area (Å²) >= 11 is 0. The SMILES string of the molecule is CCCNC(=O)CCNCC(C)CC. The van der Waals surface area contributed by atoms with E-state index < -0.39 is 0 Å². The van der Waals surface area contributed by atoms with Crippen LogP contribution in [0.25, 0.3) is 0 Å². The summed E-state index contributed by atoms with van der Waals surface area (Å²) in [4.78, 5) is 11.2. The van der Waals surface area contributed by atoms with Gasteiger partial charge in [-0.2, -0.15) is 0 Å².